The molecule has 1 heterocycles. The Hall–Kier alpha value is -1.45. The largest absolute Gasteiger partial charge is 0.388 e. The first-order valence-corrected chi connectivity index (χ1v) is 5.03. The number of aromatic nitrogens is 1. The molecule has 0 amide bonds. The van der Waals surface area contributed by atoms with Crippen molar-refractivity contribution < 1.29 is 5.11 Å². The lowest BCUT2D eigenvalue weighted by atomic mass is 10.0. The molecule has 1 aromatic heterocycles. The highest BCUT2D eigenvalue weighted by Crippen LogP contribution is 2.24. The number of rotatable bonds is 3. The molecule has 2 rings (SSSR count). The van der Waals surface area contributed by atoms with E-state index in [1.165, 1.54) is 0 Å². The monoisotopic (exact) mass is 202 g/mol. The molecule has 0 bridgehead atoms. The van der Waals surface area contributed by atoms with Gasteiger partial charge in [0.05, 0.1) is 6.10 Å². The Kier molecular flexibility index (Phi) is 2.94. The third-order valence-electron chi connectivity index (χ3n) is 2.51. The maximum absolute atomic E-state index is 9.92. The summed E-state index contributed by atoms with van der Waals surface area (Å²) in [6.45, 7) is 0.489. The topological polar surface area (TPSA) is 59.1 Å². The second kappa shape index (κ2) is 4.38. The van der Waals surface area contributed by atoms with Gasteiger partial charge in [-0.3, -0.25) is 4.98 Å². The smallest absolute Gasteiger partial charge is 0.0808 e. The third-order valence-corrected chi connectivity index (χ3v) is 2.51. The summed E-state index contributed by atoms with van der Waals surface area (Å²) in [4.78, 5) is 4.05. The highest BCUT2D eigenvalue weighted by atomic mass is 16.3. The van der Waals surface area contributed by atoms with Crippen molar-refractivity contribution in [3.8, 4) is 0 Å². The molecule has 0 spiro atoms. The Balaban J connectivity index is 2.50. The predicted octanol–water partition coefficient (Wildman–Crippen LogP) is 1.62. The summed E-state index contributed by atoms with van der Waals surface area (Å²) in [6, 6.07) is 7.77. The summed E-state index contributed by atoms with van der Waals surface area (Å²) in [6.07, 6.45) is 3.64. The lowest BCUT2D eigenvalue weighted by Gasteiger charge is -2.12. The fraction of sp³-hybridized carbons (Fsp3) is 0.250. The van der Waals surface area contributed by atoms with Gasteiger partial charge >= 0.3 is 0 Å². The van der Waals surface area contributed by atoms with Crippen molar-refractivity contribution in [2.24, 2.45) is 5.73 Å². The van der Waals surface area contributed by atoms with Crippen LogP contribution in [0.5, 0.6) is 0 Å². The van der Waals surface area contributed by atoms with Crippen LogP contribution >= 0.6 is 0 Å². The number of fused-ring (bicyclic) bond motifs is 1. The SMILES string of the molecule is NCC[C@H](O)c1cccc2cnccc12. The van der Waals surface area contributed by atoms with Crippen LogP contribution in [0.1, 0.15) is 18.1 Å². The van der Waals surface area contributed by atoms with E-state index in [9.17, 15) is 5.11 Å². The third kappa shape index (κ3) is 1.98. The summed E-state index contributed by atoms with van der Waals surface area (Å²) in [5.41, 5.74) is 6.37. The van der Waals surface area contributed by atoms with Crippen LogP contribution in [-0.4, -0.2) is 16.6 Å². The van der Waals surface area contributed by atoms with Crippen molar-refractivity contribution in [1.29, 1.82) is 0 Å². The summed E-state index contributed by atoms with van der Waals surface area (Å²) in [7, 11) is 0. The quantitative estimate of drug-likeness (QED) is 0.795. The van der Waals surface area contributed by atoms with Gasteiger partial charge < -0.3 is 10.8 Å². The number of pyridine rings is 1. The molecule has 0 aliphatic carbocycles. The molecule has 3 nitrogen and oxygen atoms in total. The highest BCUT2D eigenvalue weighted by Gasteiger charge is 2.09. The maximum atomic E-state index is 9.92. The minimum absolute atomic E-state index is 0.485. The van der Waals surface area contributed by atoms with Crippen molar-refractivity contribution in [3.63, 3.8) is 0 Å². The minimum atomic E-state index is -0.485. The molecule has 0 saturated carbocycles. The van der Waals surface area contributed by atoms with E-state index >= 15 is 0 Å². The fourth-order valence-electron chi connectivity index (χ4n) is 1.75. The van der Waals surface area contributed by atoms with E-state index in [0.29, 0.717) is 13.0 Å². The van der Waals surface area contributed by atoms with Crippen LogP contribution in [0, 0.1) is 0 Å². The van der Waals surface area contributed by atoms with Crippen LogP contribution < -0.4 is 5.73 Å². The van der Waals surface area contributed by atoms with Crippen molar-refractivity contribution in [2.45, 2.75) is 12.5 Å². The van der Waals surface area contributed by atoms with E-state index in [4.69, 9.17) is 5.73 Å². The number of nitrogens with two attached hydrogens (primary N) is 1. The van der Waals surface area contributed by atoms with Crippen LogP contribution in [0.4, 0.5) is 0 Å². The zero-order valence-electron chi connectivity index (χ0n) is 8.43. The number of hydrogen-bond donors (Lipinski definition) is 2. The van der Waals surface area contributed by atoms with Gasteiger partial charge in [0.2, 0.25) is 0 Å². The number of hydrogen-bond acceptors (Lipinski definition) is 3. The van der Waals surface area contributed by atoms with E-state index in [0.717, 1.165) is 16.3 Å². The van der Waals surface area contributed by atoms with E-state index in [1.54, 1.807) is 12.4 Å². The van der Waals surface area contributed by atoms with Gasteiger partial charge in [-0.05, 0) is 30.0 Å². The molecule has 1 atom stereocenters. The van der Waals surface area contributed by atoms with Crippen LogP contribution in [0.15, 0.2) is 36.7 Å². The lowest BCUT2D eigenvalue weighted by molar-refractivity contribution is 0.172. The molecule has 3 N–H and O–H groups in total. The molecule has 0 fully saturated rings. The Bertz CT molecular complexity index is 451. The first-order chi connectivity index (χ1) is 7.33. The number of aliphatic hydroxyl groups excluding tert-OH is 1. The zero-order valence-corrected chi connectivity index (χ0v) is 8.43. The van der Waals surface area contributed by atoms with Gasteiger partial charge in [-0.25, -0.2) is 0 Å². The van der Waals surface area contributed by atoms with Crippen LogP contribution in [0.3, 0.4) is 0 Å². The Labute approximate surface area is 88.6 Å². The lowest BCUT2D eigenvalue weighted by Crippen LogP contribution is -2.07. The van der Waals surface area contributed by atoms with Crippen LogP contribution in [0.25, 0.3) is 10.8 Å². The number of nitrogens with zero attached hydrogens (tertiary/aromatic N) is 1. The molecule has 0 aliphatic rings. The van der Waals surface area contributed by atoms with E-state index in [1.807, 2.05) is 24.3 Å². The van der Waals surface area contributed by atoms with Gasteiger partial charge in [-0.2, -0.15) is 0 Å². The van der Waals surface area contributed by atoms with E-state index in [2.05, 4.69) is 4.98 Å². The van der Waals surface area contributed by atoms with Crippen LogP contribution in [0.2, 0.25) is 0 Å². The van der Waals surface area contributed by atoms with E-state index < -0.39 is 6.10 Å². The Morgan fingerprint density at radius 2 is 2.20 bits per heavy atom. The average Bonchev–Trinajstić information content (AvgIpc) is 2.28. The molecule has 0 saturated heterocycles. The maximum Gasteiger partial charge on any atom is 0.0808 e. The second-order valence-corrected chi connectivity index (χ2v) is 3.54. The van der Waals surface area contributed by atoms with Crippen molar-refractivity contribution >= 4 is 10.8 Å². The summed E-state index contributed by atoms with van der Waals surface area (Å²) >= 11 is 0. The molecule has 3 heteroatoms. The molecule has 0 aliphatic heterocycles. The van der Waals surface area contributed by atoms with Gasteiger partial charge in [0.25, 0.3) is 0 Å². The van der Waals surface area contributed by atoms with Gasteiger partial charge in [0, 0.05) is 17.8 Å². The molecule has 78 valence electrons. The highest BCUT2D eigenvalue weighted by molar-refractivity contribution is 5.85. The standard InChI is InChI=1S/C12H14N2O/c13-6-4-12(15)11-3-1-2-9-8-14-7-5-10(9)11/h1-3,5,7-8,12,15H,4,6,13H2/t12-/m0/s1. The minimum Gasteiger partial charge on any atom is -0.388 e. The summed E-state index contributed by atoms with van der Waals surface area (Å²) < 4.78 is 0. The summed E-state index contributed by atoms with van der Waals surface area (Å²) in [5.74, 6) is 0. The molecule has 15 heavy (non-hydrogen) atoms. The molecule has 2 aromatic rings. The second-order valence-electron chi connectivity index (χ2n) is 3.54. The van der Waals surface area contributed by atoms with Crippen LogP contribution in [-0.2, 0) is 0 Å². The number of aliphatic hydroxyl groups is 1. The summed E-state index contributed by atoms with van der Waals surface area (Å²) in [5, 5.41) is 12.0. The van der Waals surface area contributed by atoms with Gasteiger partial charge in [-0.15, -0.1) is 0 Å². The Morgan fingerprint density at radius 3 is 3.00 bits per heavy atom. The molecule has 0 radical (unpaired) electrons. The number of benzene rings is 1. The van der Waals surface area contributed by atoms with Crippen molar-refractivity contribution in [3.05, 3.63) is 42.2 Å². The van der Waals surface area contributed by atoms with E-state index in [-0.39, 0.29) is 0 Å². The molecule has 0 unspecified atom stereocenters. The Morgan fingerprint density at radius 1 is 1.33 bits per heavy atom. The normalized spacial score (nSPS) is 12.9. The van der Waals surface area contributed by atoms with Gasteiger partial charge in [-0.1, -0.05) is 18.2 Å². The van der Waals surface area contributed by atoms with Crippen molar-refractivity contribution in [1.82, 2.24) is 4.98 Å². The zero-order chi connectivity index (χ0) is 10.7. The molecular formula is C12H14N2O. The first kappa shape index (κ1) is 10.1. The van der Waals surface area contributed by atoms with Gasteiger partial charge in [0.15, 0.2) is 0 Å². The first-order valence-electron chi connectivity index (χ1n) is 5.03. The molecular weight excluding hydrogens is 188 g/mol. The molecule has 1 aromatic carbocycles. The van der Waals surface area contributed by atoms with Gasteiger partial charge in [0.1, 0.15) is 0 Å². The van der Waals surface area contributed by atoms with Crippen molar-refractivity contribution in [2.75, 3.05) is 6.54 Å². The predicted molar refractivity (Wildman–Crippen MR) is 60.4 cm³/mol. The fourth-order valence-corrected chi connectivity index (χ4v) is 1.75. The average molecular weight is 202 g/mol.